The standard InChI is InChI=1S/C15H23NO5/c1-10(2)14(15(18)19)16-9-11-4-5-12(21-7-6-17)13(8-11)20-3/h4-5,8,10,14,16-17H,6-7,9H2,1-3H3,(H,18,19)/t14-/m0/s1. The number of rotatable bonds is 9. The minimum atomic E-state index is -0.861. The van der Waals surface area contributed by atoms with Crippen LogP contribution in [0, 0.1) is 5.92 Å². The zero-order valence-corrected chi connectivity index (χ0v) is 12.6. The number of carboxylic acid groups (broad SMARTS) is 1. The van der Waals surface area contributed by atoms with Crippen molar-refractivity contribution in [2.24, 2.45) is 5.92 Å². The highest BCUT2D eigenvalue weighted by Gasteiger charge is 2.20. The van der Waals surface area contributed by atoms with E-state index in [0.717, 1.165) is 5.56 Å². The Bertz CT molecular complexity index is 461. The first-order valence-electron chi connectivity index (χ1n) is 6.86. The summed E-state index contributed by atoms with van der Waals surface area (Å²) in [5.74, 6) is 0.240. The summed E-state index contributed by atoms with van der Waals surface area (Å²) in [5, 5.41) is 20.9. The number of nitrogens with one attached hydrogen (secondary N) is 1. The Kier molecular flexibility index (Phi) is 6.98. The van der Waals surface area contributed by atoms with E-state index in [0.29, 0.717) is 18.0 Å². The van der Waals surface area contributed by atoms with Gasteiger partial charge in [-0.1, -0.05) is 19.9 Å². The normalized spacial score (nSPS) is 12.2. The molecule has 0 radical (unpaired) electrons. The van der Waals surface area contributed by atoms with Crippen LogP contribution in [0.2, 0.25) is 0 Å². The van der Waals surface area contributed by atoms with Gasteiger partial charge in [0.2, 0.25) is 0 Å². The van der Waals surface area contributed by atoms with Gasteiger partial charge in [-0.25, -0.2) is 0 Å². The first-order chi connectivity index (χ1) is 9.99. The monoisotopic (exact) mass is 297 g/mol. The van der Waals surface area contributed by atoms with Crippen molar-refractivity contribution in [1.82, 2.24) is 5.32 Å². The largest absolute Gasteiger partial charge is 0.493 e. The molecule has 0 aromatic heterocycles. The average molecular weight is 297 g/mol. The molecule has 0 amide bonds. The van der Waals surface area contributed by atoms with Crippen LogP contribution in [-0.2, 0) is 11.3 Å². The molecule has 1 rings (SSSR count). The van der Waals surface area contributed by atoms with Crippen LogP contribution >= 0.6 is 0 Å². The summed E-state index contributed by atoms with van der Waals surface area (Å²) in [7, 11) is 1.53. The molecule has 1 aromatic carbocycles. The summed E-state index contributed by atoms with van der Waals surface area (Å²) in [5.41, 5.74) is 0.898. The van der Waals surface area contributed by atoms with Gasteiger partial charge in [-0.2, -0.15) is 0 Å². The van der Waals surface area contributed by atoms with Crippen molar-refractivity contribution in [3.05, 3.63) is 23.8 Å². The van der Waals surface area contributed by atoms with Crippen LogP contribution in [-0.4, -0.2) is 42.5 Å². The second-order valence-corrected chi connectivity index (χ2v) is 5.00. The lowest BCUT2D eigenvalue weighted by atomic mass is 10.0. The Morgan fingerprint density at radius 1 is 1.33 bits per heavy atom. The van der Waals surface area contributed by atoms with E-state index in [4.69, 9.17) is 19.7 Å². The Morgan fingerprint density at radius 3 is 2.57 bits per heavy atom. The molecule has 0 saturated carbocycles. The fourth-order valence-corrected chi connectivity index (χ4v) is 1.93. The quantitative estimate of drug-likeness (QED) is 0.636. The molecule has 0 aliphatic carbocycles. The summed E-state index contributed by atoms with van der Waals surface area (Å²) >= 11 is 0. The van der Waals surface area contributed by atoms with Crippen molar-refractivity contribution in [3.63, 3.8) is 0 Å². The predicted octanol–water partition coefficient (Wildman–Crippen LogP) is 1.27. The van der Waals surface area contributed by atoms with Gasteiger partial charge < -0.3 is 25.0 Å². The minimum absolute atomic E-state index is 0.00319. The number of hydrogen-bond donors (Lipinski definition) is 3. The number of carboxylic acids is 1. The van der Waals surface area contributed by atoms with Crippen LogP contribution in [0.1, 0.15) is 19.4 Å². The fraction of sp³-hybridized carbons (Fsp3) is 0.533. The van der Waals surface area contributed by atoms with Crippen molar-refractivity contribution >= 4 is 5.97 Å². The minimum Gasteiger partial charge on any atom is -0.493 e. The summed E-state index contributed by atoms with van der Waals surface area (Å²) in [4.78, 5) is 11.1. The maximum absolute atomic E-state index is 11.1. The van der Waals surface area contributed by atoms with E-state index < -0.39 is 12.0 Å². The first-order valence-corrected chi connectivity index (χ1v) is 6.86. The van der Waals surface area contributed by atoms with Crippen molar-refractivity contribution < 1.29 is 24.5 Å². The number of aliphatic carboxylic acids is 1. The molecule has 0 saturated heterocycles. The SMILES string of the molecule is COc1cc(CN[C@H](C(=O)O)C(C)C)ccc1OCCO. The summed E-state index contributed by atoms with van der Waals surface area (Å²) in [6.45, 7) is 4.27. The molecule has 0 fully saturated rings. The van der Waals surface area contributed by atoms with Gasteiger partial charge in [0.15, 0.2) is 11.5 Å². The van der Waals surface area contributed by atoms with Crippen molar-refractivity contribution in [1.29, 1.82) is 0 Å². The zero-order chi connectivity index (χ0) is 15.8. The summed E-state index contributed by atoms with van der Waals surface area (Å²) in [6, 6.07) is 4.78. The van der Waals surface area contributed by atoms with Crippen LogP contribution < -0.4 is 14.8 Å². The predicted molar refractivity (Wildman–Crippen MR) is 78.7 cm³/mol. The molecule has 1 aromatic rings. The number of benzene rings is 1. The molecule has 0 aliphatic rings. The number of hydrogen-bond acceptors (Lipinski definition) is 5. The van der Waals surface area contributed by atoms with E-state index in [-0.39, 0.29) is 19.1 Å². The highest BCUT2D eigenvalue weighted by molar-refractivity contribution is 5.73. The van der Waals surface area contributed by atoms with Gasteiger partial charge in [0, 0.05) is 6.54 Å². The van der Waals surface area contributed by atoms with Gasteiger partial charge in [-0.15, -0.1) is 0 Å². The third kappa shape index (κ3) is 5.24. The molecule has 21 heavy (non-hydrogen) atoms. The molecule has 0 aliphatic heterocycles. The lowest BCUT2D eigenvalue weighted by Gasteiger charge is -2.18. The van der Waals surface area contributed by atoms with Gasteiger partial charge >= 0.3 is 5.97 Å². The van der Waals surface area contributed by atoms with Gasteiger partial charge in [0.05, 0.1) is 13.7 Å². The molecule has 0 spiro atoms. The number of ether oxygens (including phenoxy) is 2. The third-order valence-electron chi connectivity index (χ3n) is 3.04. The van der Waals surface area contributed by atoms with Crippen LogP contribution in [0.4, 0.5) is 0 Å². The topological polar surface area (TPSA) is 88.0 Å². The van der Waals surface area contributed by atoms with Gasteiger partial charge in [0.1, 0.15) is 12.6 Å². The molecule has 6 nitrogen and oxygen atoms in total. The molecule has 118 valence electrons. The van der Waals surface area contributed by atoms with E-state index in [1.165, 1.54) is 7.11 Å². The van der Waals surface area contributed by atoms with E-state index in [1.807, 2.05) is 19.9 Å². The van der Waals surface area contributed by atoms with E-state index >= 15 is 0 Å². The van der Waals surface area contributed by atoms with Crippen molar-refractivity contribution in [2.45, 2.75) is 26.4 Å². The smallest absolute Gasteiger partial charge is 0.320 e. The fourth-order valence-electron chi connectivity index (χ4n) is 1.93. The van der Waals surface area contributed by atoms with E-state index in [2.05, 4.69) is 5.32 Å². The molecule has 1 atom stereocenters. The Hall–Kier alpha value is -1.79. The summed E-state index contributed by atoms with van der Waals surface area (Å²) in [6.07, 6.45) is 0. The maximum Gasteiger partial charge on any atom is 0.320 e. The third-order valence-corrected chi connectivity index (χ3v) is 3.04. The summed E-state index contributed by atoms with van der Waals surface area (Å²) < 4.78 is 10.6. The van der Waals surface area contributed by atoms with Crippen LogP contribution in [0.3, 0.4) is 0 Å². The highest BCUT2D eigenvalue weighted by atomic mass is 16.5. The van der Waals surface area contributed by atoms with Crippen molar-refractivity contribution in [2.75, 3.05) is 20.3 Å². The second kappa shape index (κ2) is 8.49. The van der Waals surface area contributed by atoms with E-state index in [1.54, 1.807) is 12.1 Å². The van der Waals surface area contributed by atoms with E-state index in [9.17, 15) is 4.79 Å². The molecule has 0 bridgehead atoms. The van der Waals surface area contributed by atoms with Crippen LogP contribution in [0.5, 0.6) is 11.5 Å². The number of carbonyl (C=O) groups is 1. The molecule has 6 heteroatoms. The highest BCUT2D eigenvalue weighted by Crippen LogP contribution is 2.28. The first kappa shape index (κ1) is 17.3. The number of methoxy groups -OCH3 is 1. The van der Waals surface area contributed by atoms with Crippen LogP contribution in [0.15, 0.2) is 18.2 Å². The maximum atomic E-state index is 11.1. The Morgan fingerprint density at radius 2 is 2.05 bits per heavy atom. The Balaban J connectivity index is 2.73. The lowest BCUT2D eigenvalue weighted by molar-refractivity contribution is -0.140. The number of aliphatic hydroxyl groups is 1. The Labute approximate surface area is 124 Å². The zero-order valence-electron chi connectivity index (χ0n) is 12.6. The van der Waals surface area contributed by atoms with Gasteiger partial charge in [0.25, 0.3) is 0 Å². The second-order valence-electron chi connectivity index (χ2n) is 5.00. The average Bonchev–Trinajstić information content (AvgIpc) is 2.45. The molecule has 0 unspecified atom stereocenters. The lowest BCUT2D eigenvalue weighted by Crippen LogP contribution is -2.40. The van der Waals surface area contributed by atoms with Crippen LogP contribution in [0.25, 0.3) is 0 Å². The molecule has 0 heterocycles. The van der Waals surface area contributed by atoms with Gasteiger partial charge in [-0.05, 0) is 23.6 Å². The molecular formula is C15H23NO5. The molecular weight excluding hydrogens is 274 g/mol. The van der Waals surface area contributed by atoms with Gasteiger partial charge in [-0.3, -0.25) is 4.79 Å². The van der Waals surface area contributed by atoms with Crippen molar-refractivity contribution in [3.8, 4) is 11.5 Å². The molecule has 3 N–H and O–H groups in total. The number of aliphatic hydroxyl groups excluding tert-OH is 1.